The second-order valence-corrected chi connectivity index (χ2v) is 5.82. The highest BCUT2D eigenvalue weighted by molar-refractivity contribution is 6.32. The molecule has 0 spiro atoms. The molecule has 2 aliphatic heterocycles. The van der Waals surface area contributed by atoms with Crippen LogP contribution in [0.1, 0.15) is 12.5 Å². The lowest BCUT2D eigenvalue weighted by Gasteiger charge is -2.36. The molecule has 0 fully saturated rings. The van der Waals surface area contributed by atoms with Crippen molar-refractivity contribution < 1.29 is 22.7 Å². The maximum Gasteiger partial charge on any atom is 0.445 e. The van der Waals surface area contributed by atoms with E-state index in [-0.39, 0.29) is 23.3 Å². The van der Waals surface area contributed by atoms with Crippen molar-refractivity contribution in [2.45, 2.75) is 18.8 Å². The summed E-state index contributed by atoms with van der Waals surface area (Å²) in [6, 6.07) is 8.16. The molecule has 0 saturated heterocycles. The van der Waals surface area contributed by atoms with Gasteiger partial charge in [0.1, 0.15) is 11.7 Å². The van der Waals surface area contributed by atoms with Crippen LogP contribution in [0, 0.1) is 0 Å². The molecule has 136 valence electrons. The number of fused-ring (bicyclic) bond motifs is 1. The van der Waals surface area contributed by atoms with Gasteiger partial charge in [0.15, 0.2) is 0 Å². The SMILES string of the molecule is CCOC(=O)C1(C(F)(F)F)N=C2C=CC(Cl)=CN2C(c2ccccc2)=N1. The van der Waals surface area contributed by atoms with Crippen molar-refractivity contribution >= 4 is 29.2 Å². The summed E-state index contributed by atoms with van der Waals surface area (Å²) in [6.45, 7) is 1.18. The number of benzene rings is 1. The fourth-order valence-electron chi connectivity index (χ4n) is 2.48. The van der Waals surface area contributed by atoms with E-state index in [0.717, 1.165) is 0 Å². The highest BCUT2D eigenvalue weighted by atomic mass is 35.5. The Bertz CT molecular complexity index is 847. The van der Waals surface area contributed by atoms with Crippen LogP contribution in [0.5, 0.6) is 0 Å². The van der Waals surface area contributed by atoms with Crippen molar-refractivity contribution in [2.24, 2.45) is 9.98 Å². The first kappa shape index (κ1) is 18.2. The number of allylic oxidation sites excluding steroid dienone is 2. The van der Waals surface area contributed by atoms with Crippen LogP contribution in [0.3, 0.4) is 0 Å². The van der Waals surface area contributed by atoms with Gasteiger partial charge in [-0.25, -0.2) is 14.8 Å². The number of alkyl halides is 3. The number of hydrogen-bond acceptors (Lipinski definition) is 5. The molecule has 1 atom stereocenters. The molecule has 0 amide bonds. The van der Waals surface area contributed by atoms with Crippen LogP contribution in [0.2, 0.25) is 0 Å². The zero-order valence-corrected chi connectivity index (χ0v) is 14.3. The Morgan fingerprint density at radius 2 is 1.92 bits per heavy atom. The molecule has 0 radical (unpaired) electrons. The number of esters is 1. The molecule has 26 heavy (non-hydrogen) atoms. The number of ether oxygens (including phenoxy) is 1. The van der Waals surface area contributed by atoms with Gasteiger partial charge in [0, 0.05) is 11.8 Å². The Balaban J connectivity index is 2.25. The quantitative estimate of drug-likeness (QED) is 0.749. The van der Waals surface area contributed by atoms with E-state index in [9.17, 15) is 18.0 Å². The number of nitrogens with zero attached hydrogens (tertiary/aromatic N) is 3. The summed E-state index contributed by atoms with van der Waals surface area (Å²) in [7, 11) is 0. The molecule has 1 unspecified atom stereocenters. The van der Waals surface area contributed by atoms with E-state index in [1.54, 1.807) is 30.3 Å². The first-order valence-electron chi connectivity index (χ1n) is 7.62. The van der Waals surface area contributed by atoms with E-state index in [2.05, 4.69) is 14.7 Å². The van der Waals surface area contributed by atoms with Gasteiger partial charge in [-0.05, 0) is 19.1 Å². The summed E-state index contributed by atoms with van der Waals surface area (Å²) in [4.78, 5) is 20.9. The Hall–Kier alpha value is -2.61. The van der Waals surface area contributed by atoms with Crippen LogP contribution < -0.4 is 0 Å². The van der Waals surface area contributed by atoms with Crippen LogP contribution >= 0.6 is 11.6 Å². The average Bonchev–Trinajstić information content (AvgIpc) is 2.60. The Morgan fingerprint density at radius 1 is 1.23 bits per heavy atom. The molecule has 2 aliphatic rings. The number of carbonyl (C=O) groups excluding carboxylic acids is 1. The normalized spacial score (nSPS) is 22.2. The Labute approximate surface area is 152 Å². The predicted molar refractivity (Wildman–Crippen MR) is 90.7 cm³/mol. The molecule has 0 aromatic heterocycles. The lowest BCUT2D eigenvalue weighted by molar-refractivity contribution is -0.203. The Morgan fingerprint density at radius 3 is 2.54 bits per heavy atom. The van der Waals surface area contributed by atoms with Gasteiger partial charge in [-0.2, -0.15) is 13.2 Å². The van der Waals surface area contributed by atoms with E-state index in [0.29, 0.717) is 5.56 Å². The average molecular weight is 384 g/mol. The number of amidine groups is 2. The lowest BCUT2D eigenvalue weighted by atomic mass is 10.1. The fourth-order valence-corrected chi connectivity index (χ4v) is 2.64. The smallest absolute Gasteiger partial charge is 0.445 e. The van der Waals surface area contributed by atoms with Gasteiger partial charge >= 0.3 is 17.8 Å². The van der Waals surface area contributed by atoms with E-state index < -0.39 is 17.8 Å². The Kier molecular flexibility index (Phi) is 4.62. The zero-order valence-electron chi connectivity index (χ0n) is 13.5. The van der Waals surface area contributed by atoms with Crippen LogP contribution in [0.25, 0.3) is 0 Å². The van der Waals surface area contributed by atoms with Crippen molar-refractivity contribution in [3.05, 3.63) is 59.3 Å². The molecule has 0 aliphatic carbocycles. The van der Waals surface area contributed by atoms with Crippen molar-refractivity contribution in [3.63, 3.8) is 0 Å². The number of carbonyl (C=O) groups is 1. The highest BCUT2D eigenvalue weighted by Gasteiger charge is 2.65. The molecule has 0 N–H and O–H groups in total. The molecule has 5 nitrogen and oxygen atoms in total. The van der Waals surface area contributed by atoms with Gasteiger partial charge in [-0.3, -0.25) is 4.90 Å². The van der Waals surface area contributed by atoms with Crippen molar-refractivity contribution in [3.8, 4) is 0 Å². The van der Waals surface area contributed by atoms with E-state index in [4.69, 9.17) is 11.6 Å². The van der Waals surface area contributed by atoms with Crippen LogP contribution in [-0.2, 0) is 9.53 Å². The van der Waals surface area contributed by atoms with E-state index in [1.165, 1.54) is 30.2 Å². The number of rotatable bonds is 3. The number of hydrogen-bond donors (Lipinski definition) is 0. The summed E-state index contributed by atoms with van der Waals surface area (Å²) in [5, 5.41) is 0.281. The standard InChI is InChI=1S/C17H13ClF3N3O2/c1-2-26-15(25)16(17(19,20)21)22-13-9-8-12(18)10-24(13)14(23-16)11-6-4-3-5-7-11/h3-10H,2H2,1H3. The summed E-state index contributed by atoms with van der Waals surface area (Å²) >= 11 is 5.97. The molecular weight excluding hydrogens is 371 g/mol. The number of aliphatic imine (C=N–C) groups is 2. The zero-order chi connectivity index (χ0) is 18.9. The first-order chi connectivity index (χ1) is 12.3. The maximum absolute atomic E-state index is 13.9. The van der Waals surface area contributed by atoms with Crippen LogP contribution in [0.4, 0.5) is 13.2 Å². The van der Waals surface area contributed by atoms with Crippen molar-refractivity contribution in [1.29, 1.82) is 0 Å². The molecule has 3 rings (SSSR count). The number of halogens is 4. The maximum atomic E-state index is 13.9. The molecular formula is C17H13ClF3N3O2. The summed E-state index contributed by atoms with van der Waals surface area (Å²) in [5.41, 5.74) is -3.00. The monoisotopic (exact) mass is 383 g/mol. The van der Waals surface area contributed by atoms with Crippen LogP contribution in [0.15, 0.2) is 63.7 Å². The summed E-state index contributed by atoms with van der Waals surface area (Å²) < 4.78 is 46.3. The fraction of sp³-hybridized carbons (Fsp3) is 0.235. The minimum atomic E-state index is -5.09. The third-order valence-electron chi connectivity index (χ3n) is 3.65. The minimum Gasteiger partial charge on any atom is -0.462 e. The summed E-state index contributed by atoms with van der Waals surface area (Å²) in [6.07, 6.45) is -1.02. The van der Waals surface area contributed by atoms with Gasteiger partial charge in [0.05, 0.1) is 11.6 Å². The molecule has 9 heteroatoms. The van der Waals surface area contributed by atoms with Gasteiger partial charge in [0.2, 0.25) is 0 Å². The van der Waals surface area contributed by atoms with Gasteiger partial charge < -0.3 is 4.74 Å². The van der Waals surface area contributed by atoms with Gasteiger partial charge in [-0.1, -0.05) is 41.9 Å². The van der Waals surface area contributed by atoms with Gasteiger partial charge in [-0.15, -0.1) is 0 Å². The third kappa shape index (κ3) is 3.01. The topological polar surface area (TPSA) is 54.3 Å². The molecule has 1 aromatic rings. The second kappa shape index (κ2) is 6.60. The van der Waals surface area contributed by atoms with Gasteiger partial charge in [0.25, 0.3) is 0 Å². The minimum absolute atomic E-state index is 0.108. The lowest BCUT2D eigenvalue weighted by Crippen LogP contribution is -2.56. The van der Waals surface area contributed by atoms with Crippen molar-refractivity contribution in [1.82, 2.24) is 4.90 Å². The third-order valence-corrected chi connectivity index (χ3v) is 3.87. The molecule has 1 aromatic carbocycles. The predicted octanol–water partition coefficient (Wildman–Crippen LogP) is 3.62. The highest BCUT2D eigenvalue weighted by Crippen LogP contribution is 2.40. The van der Waals surface area contributed by atoms with Crippen LogP contribution in [-0.4, -0.2) is 41.0 Å². The van der Waals surface area contributed by atoms with Crippen molar-refractivity contribution in [2.75, 3.05) is 6.61 Å². The largest absolute Gasteiger partial charge is 0.462 e. The molecule has 2 heterocycles. The first-order valence-corrected chi connectivity index (χ1v) is 8.00. The van der Waals surface area contributed by atoms with E-state index >= 15 is 0 Å². The van der Waals surface area contributed by atoms with E-state index in [1.807, 2.05) is 0 Å². The summed E-state index contributed by atoms with van der Waals surface area (Å²) in [5.74, 6) is -1.81. The molecule has 0 bridgehead atoms. The second-order valence-electron chi connectivity index (χ2n) is 5.38. The molecule has 0 saturated carbocycles.